The lowest BCUT2D eigenvalue weighted by atomic mass is 9.99. The fourth-order valence-corrected chi connectivity index (χ4v) is 3.01. The Kier molecular flexibility index (Phi) is 3.79. The van der Waals surface area contributed by atoms with Crippen LogP contribution in [0.3, 0.4) is 0 Å². The maximum atomic E-state index is 8.81. The van der Waals surface area contributed by atoms with E-state index in [1.165, 1.54) is 25.0 Å². The lowest BCUT2D eigenvalue weighted by Crippen LogP contribution is -2.18. The maximum Gasteiger partial charge on any atom is 0.0667 e. The highest BCUT2D eigenvalue weighted by molar-refractivity contribution is 7.99. The minimum atomic E-state index is 0.306. The van der Waals surface area contributed by atoms with Gasteiger partial charge >= 0.3 is 0 Å². The van der Waals surface area contributed by atoms with Crippen LogP contribution in [-0.2, 0) is 0 Å². The van der Waals surface area contributed by atoms with E-state index in [-0.39, 0.29) is 0 Å². The molecule has 2 unspecified atom stereocenters. The van der Waals surface area contributed by atoms with Crippen LogP contribution >= 0.6 is 11.8 Å². The smallest absolute Gasteiger partial charge is 0.0667 e. The molecule has 0 aromatic rings. The van der Waals surface area contributed by atoms with Gasteiger partial charge in [0.15, 0.2) is 0 Å². The Hall–Kier alpha value is -0.160. The molecule has 1 aliphatic rings. The molecule has 1 fully saturated rings. The zero-order valence-electron chi connectivity index (χ0n) is 7.05. The van der Waals surface area contributed by atoms with E-state index in [2.05, 4.69) is 13.0 Å². The summed E-state index contributed by atoms with van der Waals surface area (Å²) in [6.45, 7) is 2.11. The molecule has 1 saturated heterocycles. The van der Waals surface area contributed by atoms with Crippen molar-refractivity contribution in [2.24, 2.45) is 5.92 Å². The first-order chi connectivity index (χ1) is 5.38. The maximum absolute atomic E-state index is 8.81. The summed E-state index contributed by atoms with van der Waals surface area (Å²) < 4.78 is 0. The molecule has 2 atom stereocenters. The van der Waals surface area contributed by atoms with E-state index in [0.717, 1.165) is 6.42 Å². The second-order valence-electron chi connectivity index (χ2n) is 3.05. The lowest BCUT2D eigenvalue weighted by Gasteiger charge is -2.24. The third kappa shape index (κ3) is 2.41. The highest BCUT2D eigenvalue weighted by Crippen LogP contribution is 2.31. The quantitative estimate of drug-likeness (QED) is 0.634. The largest absolute Gasteiger partial charge is 0.198 e. The highest BCUT2D eigenvalue weighted by atomic mass is 32.2. The second-order valence-corrected chi connectivity index (χ2v) is 4.40. The molecule has 11 heavy (non-hydrogen) atoms. The van der Waals surface area contributed by atoms with Crippen LogP contribution in [-0.4, -0.2) is 11.0 Å². The third-order valence-electron chi connectivity index (χ3n) is 2.27. The molecule has 0 N–H and O–H groups in total. The van der Waals surface area contributed by atoms with Crippen molar-refractivity contribution in [2.45, 2.75) is 37.9 Å². The summed E-state index contributed by atoms with van der Waals surface area (Å²) in [4.78, 5) is 0. The van der Waals surface area contributed by atoms with Crippen molar-refractivity contribution in [3.63, 3.8) is 0 Å². The van der Waals surface area contributed by atoms with Gasteiger partial charge in [0.1, 0.15) is 0 Å². The van der Waals surface area contributed by atoms with E-state index in [4.69, 9.17) is 5.26 Å². The molecule has 1 nitrogen and oxygen atoms in total. The molecule has 1 heterocycles. The fourth-order valence-electron chi connectivity index (χ4n) is 1.52. The Morgan fingerprint density at radius 1 is 1.64 bits per heavy atom. The van der Waals surface area contributed by atoms with E-state index < -0.39 is 0 Å². The highest BCUT2D eigenvalue weighted by Gasteiger charge is 2.21. The molecule has 0 amide bonds. The van der Waals surface area contributed by atoms with Crippen LogP contribution < -0.4 is 0 Å². The van der Waals surface area contributed by atoms with Gasteiger partial charge in [0.25, 0.3) is 0 Å². The minimum absolute atomic E-state index is 0.306. The van der Waals surface area contributed by atoms with E-state index in [1.54, 1.807) is 0 Å². The molecular weight excluding hydrogens is 154 g/mol. The predicted molar refractivity (Wildman–Crippen MR) is 49.5 cm³/mol. The van der Waals surface area contributed by atoms with Crippen LogP contribution in [0.1, 0.15) is 32.6 Å². The van der Waals surface area contributed by atoms with E-state index in [1.807, 2.05) is 11.8 Å². The van der Waals surface area contributed by atoms with Gasteiger partial charge in [-0.05, 0) is 25.0 Å². The summed E-state index contributed by atoms with van der Waals surface area (Å²) in [5.41, 5.74) is 0. The molecule has 0 aliphatic carbocycles. The van der Waals surface area contributed by atoms with Gasteiger partial charge in [0.05, 0.1) is 12.0 Å². The number of hydrogen-bond donors (Lipinski definition) is 0. The summed E-state index contributed by atoms with van der Waals surface area (Å²) in [6, 6.07) is 2.40. The van der Waals surface area contributed by atoms with Crippen molar-refractivity contribution in [3.05, 3.63) is 0 Å². The van der Waals surface area contributed by atoms with Gasteiger partial charge < -0.3 is 0 Å². The number of nitrogens with zero attached hydrogens (tertiary/aromatic N) is 1. The Balaban J connectivity index is 2.38. The first kappa shape index (κ1) is 8.93. The lowest BCUT2D eigenvalue weighted by molar-refractivity contribution is 0.540. The molecule has 1 aliphatic heterocycles. The van der Waals surface area contributed by atoms with Gasteiger partial charge in [-0.25, -0.2) is 0 Å². The van der Waals surface area contributed by atoms with Crippen molar-refractivity contribution in [2.75, 3.05) is 5.75 Å². The van der Waals surface area contributed by atoms with Gasteiger partial charge in [-0.15, -0.1) is 0 Å². The Labute approximate surface area is 73.2 Å². The molecule has 0 aromatic heterocycles. The summed E-state index contributed by atoms with van der Waals surface area (Å²) in [6.07, 6.45) is 4.96. The molecular formula is C9H15NS. The summed E-state index contributed by atoms with van der Waals surface area (Å²) in [5.74, 6) is 1.57. The average Bonchev–Trinajstić information content (AvgIpc) is 2.09. The van der Waals surface area contributed by atoms with Crippen molar-refractivity contribution < 1.29 is 0 Å². The number of nitriles is 1. The molecule has 62 valence electrons. The normalized spacial score (nSPS) is 27.5. The van der Waals surface area contributed by atoms with Crippen LogP contribution in [0.5, 0.6) is 0 Å². The zero-order chi connectivity index (χ0) is 8.10. The second kappa shape index (κ2) is 4.66. The van der Waals surface area contributed by atoms with Crippen LogP contribution in [0.15, 0.2) is 0 Å². The van der Waals surface area contributed by atoms with Crippen LogP contribution in [0.25, 0.3) is 0 Å². The van der Waals surface area contributed by atoms with E-state index in [9.17, 15) is 0 Å². The standard InChI is InChI=1S/C9H15NS/c1-2-8(7-10)9-5-3-4-6-11-9/h8-9H,2-6H2,1H3. The van der Waals surface area contributed by atoms with Gasteiger partial charge in [0, 0.05) is 5.25 Å². The third-order valence-corrected chi connectivity index (χ3v) is 3.79. The fraction of sp³-hybridized carbons (Fsp3) is 0.889. The summed E-state index contributed by atoms with van der Waals surface area (Å²) in [5, 5.41) is 9.45. The summed E-state index contributed by atoms with van der Waals surface area (Å²) in [7, 11) is 0. The first-order valence-electron chi connectivity index (χ1n) is 4.39. The molecule has 0 aromatic carbocycles. The van der Waals surface area contributed by atoms with Crippen LogP contribution in [0.4, 0.5) is 0 Å². The summed E-state index contributed by atoms with van der Waals surface area (Å²) >= 11 is 2.00. The van der Waals surface area contributed by atoms with Crippen LogP contribution in [0, 0.1) is 17.2 Å². The number of hydrogen-bond acceptors (Lipinski definition) is 2. The van der Waals surface area contributed by atoms with Crippen LogP contribution in [0.2, 0.25) is 0 Å². The van der Waals surface area contributed by atoms with E-state index >= 15 is 0 Å². The van der Waals surface area contributed by atoms with Gasteiger partial charge in [0.2, 0.25) is 0 Å². The molecule has 0 radical (unpaired) electrons. The van der Waals surface area contributed by atoms with Gasteiger partial charge in [-0.2, -0.15) is 17.0 Å². The van der Waals surface area contributed by atoms with Crippen molar-refractivity contribution in [3.8, 4) is 6.07 Å². The zero-order valence-corrected chi connectivity index (χ0v) is 7.86. The predicted octanol–water partition coefficient (Wildman–Crippen LogP) is 2.82. The Morgan fingerprint density at radius 2 is 2.45 bits per heavy atom. The SMILES string of the molecule is CCC(C#N)C1CCCCS1. The number of thioether (sulfide) groups is 1. The molecule has 0 spiro atoms. The molecule has 2 heteroatoms. The molecule has 0 bridgehead atoms. The monoisotopic (exact) mass is 169 g/mol. The van der Waals surface area contributed by atoms with Gasteiger partial charge in [-0.1, -0.05) is 13.3 Å². The van der Waals surface area contributed by atoms with Crippen molar-refractivity contribution in [1.29, 1.82) is 5.26 Å². The first-order valence-corrected chi connectivity index (χ1v) is 5.44. The molecule has 0 saturated carbocycles. The Morgan fingerprint density at radius 3 is 2.91 bits per heavy atom. The molecule has 1 rings (SSSR count). The minimum Gasteiger partial charge on any atom is -0.198 e. The average molecular weight is 169 g/mol. The van der Waals surface area contributed by atoms with Gasteiger partial charge in [-0.3, -0.25) is 0 Å². The number of rotatable bonds is 2. The topological polar surface area (TPSA) is 23.8 Å². The van der Waals surface area contributed by atoms with Crippen molar-refractivity contribution in [1.82, 2.24) is 0 Å². The van der Waals surface area contributed by atoms with E-state index in [0.29, 0.717) is 11.2 Å². The Bertz CT molecular complexity index is 144. The van der Waals surface area contributed by atoms with Crippen molar-refractivity contribution >= 4 is 11.8 Å².